The smallest absolute Gasteiger partial charge is 0.282 e. The average Bonchev–Trinajstić information content (AvgIpc) is 3.05. The van der Waals surface area contributed by atoms with E-state index >= 15 is 0 Å². The molecule has 3 aromatic rings. The fourth-order valence-corrected chi connectivity index (χ4v) is 3.59. The predicted octanol–water partition coefficient (Wildman–Crippen LogP) is 5.14. The summed E-state index contributed by atoms with van der Waals surface area (Å²) in [6, 6.07) is 20.8. The molecule has 0 fully saturated rings. The Hall–Kier alpha value is -3.77. The molecular weight excluding hydrogens is 428 g/mol. The summed E-state index contributed by atoms with van der Waals surface area (Å²) in [5.41, 5.74) is 2.12. The van der Waals surface area contributed by atoms with Crippen LogP contribution in [0.5, 0.6) is 11.5 Å². The van der Waals surface area contributed by atoms with Gasteiger partial charge in [-0.2, -0.15) is 0 Å². The van der Waals surface area contributed by atoms with E-state index in [0.717, 1.165) is 4.90 Å². The molecule has 3 aromatic carbocycles. The Labute approximate surface area is 191 Å². The molecule has 0 aliphatic carbocycles. The Bertz CT molecular complexity index is 1190. The van der Waals surface area contributed by atoms with Crippen molar-refractivity contribution in [3.05, 3.63) is 89.1 Å². The van der Waals surface area contributed by atoms with Crippen LogP contribution in [0.2, 0.25) is 5.02 Å². The zero-order chi connectivity index (χ0) is 22.7. The minimum absolute atomic E-state index is 0.180. The topological polar surface area (TPSA) is 67.9 Å². The highest BCUT2D eigenvalue weighted by Gasteiger charge is 2.40. The molecule has 0 bridgehead atoms. The summed E-state index contributed by atoms with van der Waals surface area (Å²) < 4.78 is 10.7. The molecule has 162 valence electrons. The van der Waals surface area contributed by atoms with E-state index in [1.165, 1.54) is 0 Å². The van der Waals surface area contributed by atoms with Crippen molar-refractivity contribution in [2.45, 2.75) is 6.92 Å². The summed E-state index contributed by atoms with van der Waals surface area (Å²) in [4.78, 5) is 28.0. The molecule has 0 spiro atoms. The molecule has 4 rings (SSSR count). The normalized spacial score (nSPS) is 13.5. The highest BCUT2D eigenvalue weighted by atomic mass is 35.5. The van der Waals surface area contributed by atoms with Gasteiger partial charge in [-0.15, -0.1) is 0 Å². The number of imide groups is 1. The summed E-state index contributed by atoms with van der Waals surface area (Å²) in [5.74, 6) is 0.415. The van der Waals surface area contributed by atoms with Gasteiger partial charge in [-0.25, -0.2) is 4.90 Å². The molecule has 1 N–H and O–H groups in total. The quantitative estimate of drug-likeness (QED) is 0.506. The summed E-state index contributed by atoms with van der Waals surface area (Å²) >= 11 is 6.03. The van der Waals surface area contributed by atoms with Crippen LogP contribution < -0.4 is 19.7 Å². The van der Waals surface area contributed by atoms with Gasteiger partial charge in [0.1, 0.15) is 17.2 Å². The SMILES string of the molecule is CCOc1ccc(N2C(=O)C(Nc3cccc(OC)c3)=C(c3ccc(Cl)cc3)C2=O)cc1. The first-order valence-corrected chi connectivity index (χ1v) is 10.4. The van der Waals surface area contributed by atoms with Crippen LogP contribution in [0.3, 0.4) is 0 Å². The van der Waals surface area contributed by atoms with E-state index in [1.54, 1.807) is 79.9 Å². The van der Waals surface area contributed by atoms with Gasteiger partial charge in [-0.1, -0.05) is 29.8 Å². The summed E-state index contributed by atoms with van der Waals surface area (Å²) in [7, 11) is 1.56. The molecule has 0 aromatic heterocycles. The number of hydrogen-bond donors (Lipinski definition) is 1. The number of rotatable bonds is 7. The Morgan fingerprint density at radius 2 is 1.62 bits per heavy atom. The molecule has 32 heavy (non-hydrogen) atoms. The van der Waals surface area contributed by atoms with Crippen molar-refractivity contribution in [3.8, 4) is 11.5 Å². The maximum absolute atomic E-state index is 13.5. The van der Waals surface area contributed by atoms with E-state index in [2.05, 4.69) is 5.32 Å². The number of ether oxygens (including phenoxy) is 2. The Kier molecular flexibility index (Phi) is 6.14. The number of methoxy groups -OCH3 is 1. The number of halogens is 1. The third-order valence-corrected chi connectivity index (χ3v) is 5.21. The van der Waals surface area contributed by atoms with Crippen LogP contribution in [0.15, 0.2) is 78.5 Å². The maximum atomic E-state index is 13.5. The Morgan fingerprint density at radius 1 is 0.906 bits per heavy atom. The number of nitrogens with one attached hydrogen (secondary N) is 1. The molecular formula is C25H21ClN2O4. The van der Waals surface area contributed by atoms with Gasteiger partial charge in [0, 0.05) is 16.8 Å². The third-order valence-electron chi connectivity index (χ3n) is 4.96. The lowest BCUT2D eigenvalue weighted by molar-refractivity contribution is -0.120. The van der Waals surface area contributed by atoms with Gasteiger partial charge in [0.05, 0.1) is 25.0 Å². The zero-order valence-corrected chi connectivity index (χ0v) is 18.3. The van der Waals surface area contributed by atoms with E-state index in [-0.39, 0.29) is 11.3 Å². The number of carbonyl (C=O) groups is 2. The third kappa shape index (κ3) is 4.18. The average molecular weight is 449 g/mol. The van der Waals surface area contributed by atoms with Crippen molar-refractivity contribution >= 4 is 40.4 Å². The first-order valence-electron chi connectivity index (χ1n) is 10.0. The van der Waals surface area contributed by atoms with Crippen LogP contribution in [0.25, 0.3) is 5.57 Å². The van der Waals surface area contributed by atoms with E-state index in [1.807, 2.05) is 6.92 Å². The molecule has 1 aliphatic heterocycles. The van der Waals surface area contributed by atoms with E-state index in [4.69, 9.17) is 21.1 Å². The number of hydrogen-bond acceptors (Lipinski definition) is 5. The molecule has 0 saturated heterocycles. The number of benzene rings is 3. The molecule has 0 radical (unpaired) electrons. The Morgan fingerprint density at radius 3 is 2.28 bits per heavy atom. The van der Waals surface area contributed by atoms with Crippen LogP contribution in [0, 0.1) is 0 Å². The van der Waals surface area contributed by atoms with Crippen LogP contribution in [-0.4, -0.2) is 25.5 Å². The molecule has 6 nitrogen and oxygen atoms in total. The molecule has 1 heterocycles. The van der Waals surface area contributed by atoms with Gasteiger partial charge >= 0.3 is 0 Å². The van der Waals surface area contributed by atoms with Gasteiger partial charge in [-0.3, -0.25) is 9.59 Å². The highest BCUT2D eigenvalue weighted by Crippen LogP contribution is 2.35. The van der Waals surface area contributed by atoms with Crippen molar-refractivity contribution < 1.29 is 19.1 Å². The number of amides is 2. The number of carbonyl (C=O) groups excluding carboxylic acids is 2. The largest absolute Gasteiger partial charge is 0.497 e. The van der Waals surface area contributed by atoms with Crippen molar-refractivity contribution in [1.29, 1.82) is 0 Å². The van der Waals surface area contributed by atoms with Crippen LogP contribution in [0.1, 0.15) is 12.5 Å². The first-order chi connectivity index (χ1) is 15.5. The first kappa shape index (κ1) is 21.5. The van der Waals surface area contributed by atoms with Gasteiger partial charge in [0.15, 0.2) is 0 Å². The van der Waals surface area contributed by atoms with Crippen LogP contribution in [0.4, 0.5) is 11.4 Å². The minimum atomic E-state index is -0.452. The lowest BCUT2D eigenvalue weighted by Crippen LogP contribution is -2.32. The predicted molar refractivity (Wildman–Crippen MR) is 125 cm³/mol. The summed E-state index contributed by atoms with van der Waals surface area (Å²) in [6.45, 7) is 2.41. The van der Waals surface area contributed by atoms with Crippen LogP contribution in [-0.2, 0) is 9.59 Å². The van der Waals surface area contributed by atoms with E-state index in [9.17, 15) is 9.59 Å². The van der Waals surface area contributed by atoms with Gasteiger partial charge in [-0.05, 0) is 61.0 Å². The lowest BCUT2D eigenvalue weighted by atomic mass is 10.0. The van der Waals surface area contributed by atoms with E-state index < -0.39 is 11.8 Å². The second-order valence-electron chi connectivity index (χ2n) is 6.99. The standard InChI is InChI=1S/C25H21ClN2O4/c1-3-32-20-13-11-19(12-14-20)28-24(29)22(16-7-9-17(26)10-8-16)23(25(28)30)27-18-5-4-6-21(15-18)31-2/h4-15,27H,3H2,1-2H3. The van der Waals surface area contributed by atoms with Gasteiger partial charge in [0.25, 0.3) is 11.8 Å². The van der Waals surface area contributed by atoms with Gasteiger partial charge in [0.2, 0.25) is 0 Å². The number of nitrogens with zero attached hydrogens (tertiary/aromatic N) is 1. The van der Waals surface area contributed by atoms with Crippen molar-refractivity contribution in [3.63, 3.8) is 0 Å². The second kappa shape index (κ2) is 9.16. The molecule has 0 atom stereocenters. The lowest BCUT2D eigenvalue weighted by Gasteiger charge is -2.16. The molecule has 0 unspecified atom stereocenters. The molecule has 1 aliphatic rings. The number of anilines is 2. The van der Waals surface area contributed by atoms with Crippen molar-refractivity contribution in [1.82, 2.24) is 0 Å². The minimum Gasteiger partial charge on any atom is -0.497 e. The highest BCUT2D eigenvalue weighted by molar-refractivity contribution is 6.46. The molecule has 0 saturated carbocycles. The second-order valence-corrected chi connectivity index (χ2v) is 7.42. The zero-order valence-electron chi connectivity index (χ0n) is 17.6. The fraction of sp³-hybridized carbons (Fsp3) is 0.120. The summed E-state index contributed by atoms with van der Waals surface area (Å²) in [5, 5.41) is 3.66. The summed E-state index contributed by atoms with van der Waals surface area (Å²) in [6.07, 6.45) is 0. The molecule has 2 amide bonds. The Balaban J connectivity index is 1.76. The van der Waals surface area contributed by atoms with Gasteiger partial charge < -0.3 is 14.8 Å². The van der Waals surface area contributed by atoms with Crippen molar-refractivity contribution in [2.24, 2.45) is 0 Å². The van der Waals surface area contributed by atoms with E-state index in [0.29, 0.717) is 40.1 Å². The van der Waals surface area contributed by atoms with Crippen LogP contribution >= 0.6 is 11.6 Å². The monoisotopic (exact) mass is 448 g/mol. The molecule has 7 heteroatoms. The maximum Gasteiger partial charge on any atom is 0.282 e. The van der Waals surface area contributed by atoms with Crippen molar-refractivity contribution in [2.75, 3.05) is 23.9 Å². The fourth-order valence-electron chi connectivity index (χ4n) is 3.47.